The van der Waals surface area contributed by atoms with Crippen molar-refractivity contribution in [3.63, 3.8) is 0 Å². The van der Waals surface area contributed by atoms with Gasteiger partial charge >= 0.3 is 68.9 Å². The molecule has 0 aliphatic heterocycles. The van der Waals surface area contributed by atoms with Crippen LogP contribution >= 0.6 is 0 Å². The van der Waals surface area contributed by atoms with Crippen molar-refractivity contribution in [2.75, 3.05) is 6.01 Å². The van der Waals surface area contributed by atoms with E-state index in [0.717, 1.165) is 0 Å². The van der Waals surface area contributed by atoms with Crippen LogP contribution in [0.3, 0.4) is 0 Å². The van der Waals surface area contributed by atoms with E-state index in [0.29, 0.717) is 0 Å². The van der Waals surface area contributed by atoms with E-state index < -0.39 is 16.1 Å². The van der Waals surface area contributed by atoms with E-state index in [-0.39, 0.29) is 68.9 Å². The molecule has 0 bridgehead atoms. The summed E-state index contributed by atoms with van der Waals surface area (Å²) >= 11 is 0. The molecule has 0 spiro atoms. The molecule has 0 atom stereocenters. The average Bonchev–Trinajstić information content (AvgIpc) is 1.35. The average molecular weight is 248 g/mol. The van der Waals surface area contributed by atoms with Gasteiger partial charge in [-0.15, -0.1) is 0 Å². The van der Waals surface area contributed by atoms with Crippen LogP contribution < -0.4 is 0 Å². The third-order valence-corrected chi connectivity index (χ3v) is 0.414. The zero-order valence-corrected chi connectivity index (χ0v) is 3.57. The Labute approximate surface area is 99.8 Å². The molecule has 0 unspecified atom stereocenters. The summed E-state index contributed by atoms with van der Waals surface area (Å²) in [6.07, 6.45) is 0. The van der Waals surface area contributed by atoms with Crippen molar-refractivity contribution >= 4 is 79.0 Å². The third-order valence-electron chi connectivity index (χ3n) is 0.138. The number of alkyl halides is 1. The summed E-state index contributed by atoms with van der Waals surface area (Å²) in [6.45, 7) is 0. The molecule has 40 valence electrons. The van der Waals surface area contributed by atoms with Crippen molar-refractivity contribution in [1.29, 1.82) is 0 Å². The number of hydrogen-bond donors (Lipinski definition) is 1. The van der Waals surface area contributed by atoms with Gasteiger partial charge in [-0.25, -0.2) is 4.39 Å². The Morgan fingerprint density at radius 2 is 1.71 bits per heavy atom. The zero-order chi connectivity index (χ0) is 5.21. The Kier molecular flexibility index (Phi) is 7.90. The van der Waals surface area contributed by atoms with Crippen LogP contribution in [-0.4, -0.2) is 87.9 Å². The SMILES string of the molecule is O=S(=O)(O)CF.[CsH]. The second-order valence-corrected chi connectivity index (χ2v) is 2.07. The summed E-state index contributed by atoms with van der Waals surface area (Å²) in [6, 6.07) is -1.70. The Morgan fingerprint density at radius 1 is 1.57 bits per heavy atom. The number of hydrogen-bond acceptors (Lipinski definition) is 2. The van der Waals surface area contributed by atoms with Gasteiger partial charge in [0.2, 0.25) is 6.01 Å². The fourth-order valence-corrected chi connectivity index (χ4v) is 0. The van der Waals surface area contributed by atoms with Gasteiger partial charge in [-0.1, -0.05) is 0 Å². The van der Waals surface area contributed by atoms with Crippen molar-refractivity contribution in [1.82, 2.24) is 0 Å². The minimum absolute atomic E-state index is 0. The van der Waals surface area contributed by atoms with Crippen LogP contribution in [0.25, 0.3) is 0 Å². The van der Waals surface area contributed by atoms with Crippen LogP contribution in [0.5, 0.6) is 0 Å². The molecule has 0 saturated heterocycles. The van der Waals surface area contributed by atoms with Gasteiger partial charge in [-0.2, -0.15) is 8.42 Å². The zero-order valence-electron chi connectivity index (χ0n) is 2.76. The quantitative estimate of drug-likeness (QED) is 0.615. The van der Waals surface area contributed by atoms with Crippen LogP contribution in [-0.2, 0) is 10.1 Å². The van der Waals surface area contributed by atoms with E-state index in [2.05, 4.69) is 0 Å². The summed E-state index contributed by atoms with van der Waals surface area (Å²) in [5.74, 6) is 0. The van der Waals surface area contributed by atoms with Crippen molar-refractivity contribution < 1.29 is 17.4 Å². The van der Waals surface area contributed by atoms with Gasteiger partial charge in [0.15, 0.2) is 0 Å². The molecule has 0 aliphatic rings. The molecule has 0 aromatic heterocycles. The van der Waals surface area contributed by atoms with Gasteiger partial charge in [0.1, 0.15) is 0 Å². The van der Waals surface area contributed by atoms with Gasteiger partial charge < -0.3 is 0 Å². The van der Waals surface area contributed by atoms with Gasteiger partial charge in [0.25, 0.3) is 10.1 Å². The molecule has 0 heterocycles. The van der Waals surface area contributed by atoms with Crippen LogP contribution in [0.15, 0.2) is 0 Å². The molecule has 0 aromatic carbocycles. The van der Waals surface area contributed by atoms with Crippen LogP contribution in [0.4, 0.5) is 4.39 Å². The molecule has 1 N–H and O–H groups in total. The maximum absolute atomic E-state index is 10.7. The van der Waals surface area contributed by atoms with E-state index in [1.807, 2.05) is 0 Å². The van der Waals surface area contributed by atoms with E-state index in [9.17, 15) is 12.8 Å². The molecule has 0 fully saturated rings. The molecule has 7 heavy (non-hydrogen) atoms. The third kappa shape index (κ3) is 11.4. The second kappa shape index (κ2) is 4.74. The first kappa shape index (κ1) is 11.7. The minimum atomic E-state index is -4.33. The first-order valence-electron chi connectivity index (χ1n) is 1.07. The fourth-order valence-electron chi connectivity index (χ4n) is 0. The summed E-state index contributed by atoms with van der Waals surface area (Å²) in [7, 11) is -4.33. The molecule has 0 amide bonds. The molecule has 0 radical (unpaired) electrons. The first-order valence-corrected chi connectivity index (χ1v) is 2.68. The number of rotatable bonds is 1. The second-order valence-electron chi connectivity index (χ2n) is 0.691. The molecular formula is CH4CsFO3S. The molecule has 0 rings (SSSR count). The fraction of sp³-hybridized carbons (Fsp3) is 1.00. The Hall–Kier alpha value is 1.89. The molecule has 6 heteroatoms. The first-order chi connectivity index (χ1) is 2.56. The standard InChI is InChI=1S/CH3FO3S.Cs.H/c2-1-6(3,4)5;;/h1H2,(H,3,4,5);;. The molecule has 0 aromatic rings. The Balaban J connectivity index is 0. The monoisotopic (exact) mass is 248 g/mol. The maximum atomic E-state index is 10.7. The predicted octanol–water partition coefficient (Wildman–Crippen LogP) is -0.847. The van der Waals surface area contributed by atoms with Crippen molar-refractivity contribution in [3.05, 3.63) is 0 Å². The van der Waals surface area contributed by atoms with E-state index >= 15 is 0 Å². The van der Waals surface area contributed by atoms with E-state index in [1.165, 1.54) is 0 Å². The van der Waals surface area contributed by atoms with Crippen molar-refractivity contribution in [2.45, 2.75) is 0 Å². The Morgan fingerprint density at radius 3 is 1.71 bits per heavy atom. The van der Waals surface area contributed by atoms with Crippen LogP contribution in [0, 0.1) is 0 Å². The molecule has 0 saturated carbocycles. The molecular weight excluding hydrogens is 244 g/mol. The van der Waals surface area contributed by atoms with Crippen LogP contribution in [0.2, 0.25) is 0 Å². The predicted molar refractivity (Wildman–Crippen MR) is 24.7 cm³/mol. The van der Waals surface area contributed by atoms with Gasteiger partial charge in [0.05, 0.1) is 0 Å². The topological polar surface area (TPSA) is 54.4 Å². The summed E-state index contributed by atoms with van der Waals surface area (Å²) in [5.41, 5.74) is 0. The Bertz CT molecular complexity index is 117. The van der Waals surface area contributed by atoms with Gasteiger partial charge in [-0.05, 0) is 0 Å². The van der Waals surface area contributed by atoms with Crippen molar-refractivity contribution in [3.8, 4) is 0 Å². The summed E-state index contributed by atoms with van der Waals surface area (Å²) in [5, 5.41) is 0. The van der Waals surface area contributed by atoms with E-state index in [1.54, 1.807) is 0 Å². The summed E-state index contributed by atoms with van der Waals surface area (Å²) in [4.78, 5) is 0. The normalized spacial score (nSPS) is 10.0. The molecule has 0 aliphatic carbocycles. The molecule has 3 nitrogen and oxygen atoms in total. The van der Waals surface area contributed by atoms with E-state index in [4.69, 9.17) is 4.55 Å². The van der Waals surface area contributed by atoms with Gasteiger partial charge in [-0.3, -0.25) is 4.55 Å². The van der Waals surface area contributed by atoms with Crippen molar-refractivity contribution in [2.24, 2.45) is 0 Å². The van der Waals surface area contributed by atoms with Crippen LogP contribution in [0.1, 0.15) is 0 Å². The number of halogens is 1. The summed E-state index contributed by atoms with van der Waals surface area (Å²) < 4.78 is 36.4. The van der Waals surface area contributed by atoms with Gasteiger partial charge in [0, 0.05) is 0 Å².